The first-order valence-electron chi connectivity index (χ1n) is 6.98. The van der Waals surface area contributed by atoms with E-state index in [4.69, 9.17) is 10.5 Å². The van der Waals surface area contributed by atoms with Crippen LogP contribution in [0, 0.1) is 6.92 Å². The van der Waals surface area contributed by atoms with Crippen LogP contribution in [0.1, 0.15) is 24.8 Å². The van der Waals surface area contributed by atoms with Crippen molar-refractivity contribution in [3.8, 4) is 11.4 Å². The van der Waals surface area contributed by atoms with Crippen LogP contribution in [-0.4, -0.2) is 32.9 Å². The molecule has 0 amide bonds. The Bertz CT molecular complexity index is 569. The van der Waals surface area contributed by atoms with Gasteiger partial charge in [-0.15, -0.1) is 5.10 Å². The van der Waals surface area contributed by atoms with Gasteiger partial charge in [0, 0.05) is 17.9 Å². The fourth-order valence-electron chi connectivity index (χ4n) is 2.62. The molecule has 6 nitrogen and oxygen atoms in total. The molecule has 1 aliphatic heterocycles. The molecule has 20 heavy (non-hydrogen) atoms. The summed E-state index contributed by atoms with van der Waals surface area (Å²) >= 11 is 0. The standard InChI is InChI=1S/C14H19N5O/c1-10-6-11(8-12(15)7-10)14-16-17-18-19(14)9-13-4-2-3-5-20-13/h6-8,13H,2-5,9,15H2,1H3. The molecule has 1 aliphatic rings. The smallest absolute Gasteiger partial charge is 0.182 e. The first kappa shape index (κ1) is 13.1. The predicted octanol–water partition coefficient (Wildman–Crippen LogP) is 1.80. The fraction of sp³-hybridized carbons (Fsp3) is 0.500. The van der Waals surface area contributed by atoms with Crippen molar-refractivity contribution >= 4 is 5.69 Å². The van der Waals surface area contributed by atoms with Crippen LogP contribution in [0.2, 0.25) is 0 Å². The number of aryl methyl sites for hydroxylation is 1. The van der Waals surface area contributed by atoms with Crippen molar-refractivity contribution in [1.82, 2.24) is 20.2 Å². The highest BCUT2D eigenvalue weighted by atomic mass is 16.5. The Labute approximate surface area is 117 Å². The van der Waals surface area contributed by atoms with Crippen molar-refractivity contribution in [2.24, 2.45) is 0 Å². The molecule has 3 rings (SSSR count). The van der Waals surface area contributed by atoms with Gasteiger partial charge in [-0.1, -0.05) is 0 Å². The molecule has 2 aromatic rings. The molecule has 6 heteroatoms. The first-order chi connectivity index (χ1) is 9.72. The van der Waals surface area contributed by atoms with Crippen molar-refractivity contribution in [3.63, 3.8) is 0 Å². The van der Waals surface area contributed by atoms with E-state index < -0.39 is 0 Å². The lowest BCUT2D eigenvalue weighted by Gasteiger charge is -2.22. The van der Waals surface area contributed by atoms with E-state index in [0.717, 1.165) is 42.1 Å². The average molecular weight is 273 g/mol. The monoisotopic (exact) mass is 273 g/mol. The zero-order chi connectivity index (χ0) is 13.9. The minimum absolute atomic E-state index is 0.202. The maximum absolute atomic E-state index is 5.90. The average Bonchev–Trinajstić information content (AvgIpc) is 2.87. The number of nitrogen functional groups attached to an aromatic ring is 1. The van der Waals surface area contributed by atoms with Gasteiger partial charge < -0.3 is 10.5 Å². The maximum Gasteiger partial charge on any atom is 0.182 e. The molecule has 2 N–H and O–H groups in total. The molecule has 1 aromatic heterocycles. The largest absolute Gasteiger partial charge is 0.399 e. The Kier molecular flexibility index (Phi) is 3.64. The number of aromatic nitrogens is 4. The van der Waals surface area contributed by atoms with E-state index in [9.17, 15) is 0 Å². The summed E-state index contributed by atoms with van der Waals surface area (Å²) in [6, 6.07) is 5.87. The van der Waals surface area contributed by atoms with Crippen molar-refractivity contribution < 1.29 is 4.74 Å². The van der Waals surface area contributed by atoms with Gasteiger partial charge in [0.25, 0.3) is 0 Å². The summed E-state index contributed by atoms with van der Waals surface area (Å²) in [5, 5.41) is 12.0. The van der Waals surface area contributed by atoms with E-state index in [1.165, 1.54) is 6.42 Å². The van der Waals surface area contributed by atoms with Gasteiger partial charge >= 0.3 is 0 Å². The third-order valence-electron chi connectivity index (χ3n) is 3.54. The third-order valence-corrected chi connectivity index (χ3v) is 3.54. The summed E-state index contributed by atoms with van der Waals surface area (Å²) in [7, 11) is 0. The highest BCUT2D eigenvalue weighted by molar-refractivity contribution is 5.62. The Morgan fingerprint density at radius 1 is 1.35 bits per heavy atom. The van der Waals surface area contributed by atoms with Crippen LogP contribution in [0.25, 0.3) is 11.4 Å². The SMILES string of the molecule is Cc1cc(N)cc(-c2nnnn2CC2CCCCO2)c1. The van der Waals surface area contributed by atoms with E-state index in [-0.39, 0.29) is 6.10 Å². The molecule has 1 atom stereocenters. The summed E-state index contributed by atoms with van der Waals surface area (Å²) in [6.07, 6.45) is 3.62. The molecular weight excluding hydrogens is 254 g/mol. The quantitative estimate of drug-likeness (QED) is 0.863. The highest BCUT2D eigenvalue weighted by Crippen LogP contribution is 2.22. The van der Waals surface area contributed by atoms with Gasteiger partial charge in [-0.3, -0.25) is 0 Å². The molecule has 0 aliphatic carbocycles. The van der Waals surface area contributed by atoms with Crippen molar-refractivity contribution in [3.05, 3.63) is 23.8 Å². The summed E-state index contributed by atoms with van der Waals surface area (Å²) in [5.41, 5.74) is 8.67. The fourth-order valence-corrected chi connectivity index (χ4v) is 2.62. The highest BCUT2D eigenvalue weighted by Gasteiger charge is 2.18. The van der Waals surface area contributed by atoms with Gasteiger partial charge in [-0.05, 0) is 60.4 Å². The van der Waals surface area contributed by atoms with Crippen LogP contribution in [0.5, 0.6) is 0 Å². The minimum atomic E-state index is 0.202. The number of hydrogen-bond donors (Lipinski definition) is 1. The molecule has 1 aromatic carbocycles. The second kappa shape index (κ2) is 5.58. The number of anilines is 1. The molecule has 1 fully saturated rings. The van der Waals surface area contributed by atoms with E-state index in [2.05, 4.69) is 15.5 Å². The van der Waals surface area contributed by atoms with Gasteiger partial charge in [0.05, 0.1) is 12.6 Å². The zero-order valence-electron chi connectivity index (χ0n) is 11.6. The zero-order valence-corrected chi connectivity index (χ0v) is 11.6. The molecule has 2 heterocycles. The lowest BCUT2D eigenvalue weighted by Crippen LogP contribution is -2.25. The van der Waals surface area contributed by atoms with Crippen molar-refractivity contribution in [1.29, 1.82) is 0 Å². The molecule has 0 bridgehead atoms. The number of benzene rings is 1. The molecular formula is C14H19N5O. The molecule has 1 unspecified atom stereocenters. The van der Waals surface area contributed by atoms with Crippen LogP contribution in [0.3, 0.4) is 0 Å². The molecule has 0 saturated carbocycles. The van der Waals surface area contributed by atoms with E-state index >= 15 is 0 Å². The summed E-state index contributed by atoms with van der Waals surface area (Å²) in [5.74, 6) is 0.745. The Morgan fingerprint density at radius 3 is 3.00 bits per heavy atom. The van der Waals surface area contributed by atoms with Crippen LogP contribution in [-0.2, 0) is 11.3 Å². The number of hydrogen-bond acceptors (Lipinski definition) is 5. The van der Waals surface area contributed by atoms with Crippen LogP contribution < -0.4 is 5.73 Å². The Hall–Kier alpha value is -1.95. The molecule has 0 radical (unpaired) electrons. The number of nitrogens with two attached hydrogens (primary N) is 1. The molecule has 106 valence electrons. The molecule has 1 saturated heterocycles. The number of tetrazole rings is 1. The number of rotatable bonds is 3. The predicted molar refractivity (Wildman–Crippen MR) is 76.0 cm³/mol. The topological polar surface area (TPSA) is 78.9 Å². The Morgan fingerprint density at radius 2 is 2.25 bits per heavy atom. The van der Waals surface area contributed by atoms with Crippen molar-refractivity contribution in [2.75, 3.05) is 12.3 Å². The van der Waals surface area contributed by atoms with Crippen LogP contribution >= 0.6 is 0 Å². The lowest BCUT2D eigenvalue weighted by molar-refractivity contribution is 0.00397. The normalized spacial score (nSPS) is 19.1. The third kappa shape index (κ3) is 2.80. The molecule has 0 spiro atoms. The van der Waals surface area contributed by atoms with Gasteiger partial charge in [-0.2, -0.15) is 0 Å². The number of ether oxygens (including phenoxy) is 1. The summed E-state index contributed by atoms with van der Waals surface area (Å²) < 4.78 is 7.56. The minimum Gasteiger partial charge on any atom is -0.399 e. The van der Waals surface area contributed by atoms with Gasteiger partial charge in [0.15, 0.2) is 5.82 Å². The van der Waals surface area contributed by atoms with Crippen molar-refractivity contribution in [2.45, 2.75) is 38.8 Å². The van der Waals surface area contributed by atoms with Gasteiger partial charge in [-0.25, -0.2) is 4.68 Å². The van der Waals surface area contributed by atoms with E-state index in [1.54, 1.807) is 0 Å². The van der Waals surface area contributed by atoms with Gasteiger partial charge in [0.2, 0.25) is 0 Å². The summed E-state index contributed by atoms with van der Waals surface area (Å²) in [6.45, 7) is 3.54. The Balaban J connectivity index is 1.85. The maximum atomic E-state index is 5.90. The van der Waals surface area contributed by atoms with E-state index in [1.807, 2.05) is 29.8 Å². The van der Waals surface area contributed by atoms with Crippen LogP contribution in [0.15, 0.2) is 18.2 Å². The number of nitrogens with zero attached hydrogens (tertiary/aromatic N) is 4. The summed E-state index contributed by atoms with van der Waals surface area (Å²) in [4.78, 5) is 0. The van der Waals surface area contributed by atoms with Gasteiger partial charge in [0.1, 0.15) is 0 Å². The lowest BCUT2D eigenvalue weighted by atomic mass is 10.1. The van der Waals surface area contributed by atoms with Crippen LogP contribution in [0.4, 0.5) is 5.69 Å². The second-order valence-corrected chi connectivity index (χ2v) is 5.31. The van der Waals surface area contributed by atoms with E-state index in [0.29, 0.717) is 6.54 Å². The second-order valence-electron chi connectivity index (χ2n) is 5.31. The first-order valence-corrected chi connectivity index (χ1v) is 6.98.